The monoisotopic (exact) mass is 502 g/mol. The third-order valence-corrected chi connectivity index (χ3v) is 3.81. The molecule has 0 saturated carbocycles. The maximum atomic E-state index is 12.6. The number of halogens is 4. The van der Waals surface area contributed by atoms with E-state index in [9.17, 15) is 13.2 Å². The molecule has 2 aromatic rings. The second kappa shape index (κ2) is 11.5. The second-order valence-electron chi connectivity index (χ2n) is 5.88. The van der Waals surface area contributed by atoms with E-state index in [1.807, 2.05) is 19.1 Å². The Morgan fingerprint density at radius 3 is 2.39 bits per heavy atom. The number of hydrogen-bond acceptors (Lipinski definition) is 2. The smallest absolute Gasteiger partial charge is 0.357 e. The highest BCUT2D eigenvalue weighted by Crippen LogP contribution is 2.29. The Hall–Kier alpha value is -2.28. The van der Waals surface area contributed by atoms with E-state index in [0.717, 1.165) is 23.3 Å². The van der Waals surface area contributed by atoms with Gasteiger partial charge in [0.05, 0.1) is 23.7 Å². The van der Waals surface area contributed by atoms with Gasteiger partial charge in [-0.2, -0.15) is 18.4 Å². The zero-order valence-corrected chi connectivity index (χ0v) is 17.7. The summed E-state index contributed by atoms with van der Waals surface area (Å²) in [5.41, 5.74) is 1.68. The van der Waals surface area contributed by atoms with Crippen LogP contribution in [0, 0.1) is 11.3 Å². The Morgan fingerprint density at radius 1 is 1.07 bits per heavy atom. The Bertz CT molecular complexity index is 811. The standard InChI is InChI=1S/C20H21F3N4.HI/c1-2-25-19(27-14-17-5-3-4-16(12-17)13-24)26-11-10-15-6-8-18(9-7-15)20(21,22)23;/h3-9,12H,2,10-11,14H2,1H3,(H2,25,26,27);1H. The molecule has 0 aromatic heterocycles. The summed E-state index contributed by atoms with van der Waals surface area (Å²) in [4.78, 5) is 4.47. The topological polar surface area (TPSA) is 60.2 Å². The van der Waals surface area contributed by atoms with Crippen LogP contribution in [0.1, 0.15) is 29.2 Å². The average Bonchev–Trinajstić information content (AvgIpc) is 2.66. The van der Waals surface area contributed by atoms with E-state index in [1.54, 1.807) is 12.1 Å². The number of nitrogens with zero attached hydrogens (tertiary/aromatic N) is 2. The second-order valence-corrected chi connectivity index (χ2v) is 5.88. The van der Waals surface area contributed by atoms with Gasteiger partial charge in [-0.25, -0.2) is 4.99 Å². The Kier molecular flexibility index (Phi) is 9.79. The summed E-state index contributed by atoms with van der Waals surface area (Å²) in [5.74, 6) is 0.617. The van der Waals surface area contributed by atoms with Gasteiger partial charge in [0.2, 0.25) is 0 Å². The van der Waals surface area contributed by atoms with Crippen molar-refractivity contribution in [2.45, 2.75) is 26.1 Å². The molecule has 0 bridgehead atoms. The Balaban J connectivity index is 0.00000392. The van der Waals surface area contributed by atoms with Crippen molar-refractivity contribution in [1.29, 1.82) is 5.26 Å². The number of nitriles is 1. The molecule has 2 N–H and O–H groups in total. The Morgan fingerprint density at radius 2 is 1.79 bits per heavy atom. The number of nitrogens with one attached hydrogen (secondary N) is 2. The molecule has 2 aromatic carbocycles. The molecule has 0 saturated heterocycles. The predicted molar refractivity (Wildman–Crippen MR) is 115 cm³/mol. The number of benzene rings is 2. The molecule has 0 atom stereocenters. The van der Waals surface area contributed by atoms with Crippen LogP contribution in [-0.4, -0.2) is 19.0 Å². The lowest BCUT2D eigenvalue weighted by atomic mass is 10.1. The third-order valence-electron chi connectivity index (χ3n) is 3.81. The number of aliphatic imine (C=N–C) groups is 1. The van der Waals surface area contributed by atoms with Crippen LogP contribution in [0.25, 0.3) is 0 Å². The van der Waals surface area contributed by atoms with Crippen molar-refractivity contribution in [1.82, 2.24) is 10.6 Å². The molecule has 8 heteroatoms. The van der Waals surface area contributed by atoms with E-state index in [-0.39, 0.29) is 24.0 Å². The van der Waals surface area contributed by atoms with Crippen LogP contribution >= 0.6 is 24.0 Å². The van der Waals surface area contributed by atoms with Gasteiger partial charge < -0.3 is 10.6 Å². The van der Waals surface area contributed by atoms with Crippen LogP contribution < -0.4 is 10.6 Å². The molecular weight excluding hydrogens is 480 g/mol. The maximum Gasteiger partial charge on any atom is 0.416 e. The molecule has 2 rings (SSSR count). The fourth-order valence-corrected chi connectivity index (χ4v) is 2.44. The zero-order valence-electron chi connectivity index (χ0n) is 15.4. The molecule has 0 unspecified atom stereocenters. The molecule has 28 heavy (non-hydrogen) atoms. The van der Waals surface area contributed by atoms with Gasteiger partial charge in [-0.15, -0.1) is 24.0 Å². The van der Waals surface area contributed by atoms with Gasteiger partial charge in [-0.05, 0) is 48.7 Å². The molecule has 4 nitrogen and oxygen atoms in total. The molecule has 0 heterocycles. The fraction of sp³-hybridized carbons (Fsp3) is 0.300. The highest BCUT2D eigenvalue weighted by Gasteiger charge is 2.29. The first-order valence-corrected chi connectivity index (χ1v) is 8.59. The largest absolute Gasteiger partial charge is 0.416 e. The lowest BCUT2D eigenvalue weighted by Crippen LogP contribution is -2.38. The van der Waals surface area contributed by atoms with Crippen LogP contribution in [0.15, 0.2) is 53.5 Å². The third kappa shape index (κ3) is 7.76. The van der Waals surface area contributed by atoms with Gasteiger partial charge in [0.15, 0.2) is 5.96 Å². The SMILES string of the molecule is CCNC(=NCc1cccc(C#N)c1)NCCc1ccc(C(F)(F)F)cc1.I. The van der Waals surface area contributed by atoms with Gasteiger partial charge in [0.25, 0.3) is 0 Å². The van der Waals surface area contributed by atoms with E-state index in [1.165, 1.54) is 12.1 Å². The number of alkyl halides is 3. The van der Waals surface area contributed by atoms with Crippen LogP contribution in [-0.2, 0) is 19.1 Å². The fourth-order valence-electron chi connectivity index (χ4n) is 2.44. The van der Waals surface area contributed by atoms with Crippen molar-refractivity contribution in [2.24, 2.45) is 4.99 Å². The molecule has 0 aliphatic carbocycles. The predicted octanol–water partition coefficient (Wildman–Crippen LogP) is 4.49. The summed E-state index contributed by atoms with van der Waals surface area (Å²) in [5, 5.41) is 15.2. The van der Waals surface area contributed by atoms with E-state index < -0.39 is 11.7 Å². The van der Waals surface area contributed by atoms with Crippen molar-refractivity contribution in [3.8, 4) is 6.07 Å². The van der Waals surface area contributed by atoms with Gasteiger partial charge in [-0.1, -0.05) is 24.3 Å². The maximum absolute atomic E-state index is 12.6. The summed E-state index contributed by atoms with van der Waals surface area (Å²) >= 11 is 0. The first-order chi connectivity index (χ1) is 12.9. The van der Waals surface area contributed by atoms with Crippen molar-refractivity contribution < 1.29 is 13.2 Å². The molecule has 0 radical (unpaired) electrons. The molecule has 150 valence electrons. The van der Waals surface area contributed by atoms with Crippen molar-refractivity contribution in [3.63, 3.8) is 0 Å². The van der Waals surface area contributed by atoms with Crippen LogP contribution in [0.5, 0.6) is 0 Å². The van der Waals surface area contributed by atoms with Gasteiger partial charge in [-0.3, -0.25) is 0 Å². The normalized spacial score (nSPS) is 11.3. The minimum atomic E-state index is -4.31. The van der Waals surface area contributed by atoms with Crippen molar-refractivity contribution in [3.05, 3.63) is 70.8 Å². The minimum Gasteiger partial charge on any atom is -0.357 e. The van der Waals surface area contributed by atoms with Crippen molar-refractivity contribution >= 4 is 29.9 Å². The van der Waals surface area contributed by atoms with Crippen LogP contribution in [0.3, 0.4) is 0 Å². The lowest BCUT2D eigenvalue weighted by Gasteiger charge is -2.12. The zero-order chi connectivity index (χ0) is 19.7. The number of hydrogen-bond donors (Lipinski definition) is 2. The molecule has 0 amide bonds. The van der Waals surface area contributed by atoms with E-state index in [4.69, 9.17) is 5.26 Å². The summed E-state index contributed by atoms with van der Waals surface area (Å²) in [6, 6.07) is 14.5. The molecule has 0 aliphatic heterocycles. The van der Waals surface area contributed by atoms with Gasteiger partial charge in [0.1, 0.15) is 0 Å². The van der Waals surface area contributed by atoms with E-state index >= 15 is 0 Å². The summed E-state index contributed by atoms with van der Waals surface area (Å²) in [6.45, 7) is 3.59. The van der Waals surface area contributed by atoms with E-state index in [0.29, 0.717) is 37.6 Å². The van der Waals surface area contributed by atoms with Crippen molar-refractivity contribution in [2.75, 3.05) is 13.1 Å². The van der Waals surface area contributed by atoms with Gasteiger partial charge >= 0.3 is 6.18 Å². The minimum absolute atomic E-state index is 0. The highest BCUT2D eigenvalue weighted by atomic mass is 127. The number of guanidine groups is 1. The lowest BCUT2D eigenvalue weighted by molar-refractivity contribution is -0.137. The number of rotatable bonds is 6. The quantitative estimate of drug-likeness (QED) is 0.348. The van der Waals surface area contributed by atoms with E-state index in [2.05, 4.69) is 21.7 Å². The van der Waals surface area contributed by atoms with Crippen LogP contribution in [0.2, 0.25) is 0 Å². The first-order valence-electron chi connectivity index (χ1n) is 8.59. The van der Waals surface area contributed by atoms with Crippen LogP contribution in [0.4, 0.5) is 13.2 Å². The highest BCUT2D eigenvalue weighted by molar-refractivity contribution is 14.0. The molecule has 0 fully saturated rings. The molecule has 0 aliphatic rings. The first kappa shape index (κ1) is 23.8. The molecular formula is C20H22F3IN4. The molecule has 0 spiro atoms. The summed E-state index contributed by atoms with van der Waals surface area (Å²) < 4.78 is 37.7. The summed E-state index contributed by atoms with van der Waals surface area (Å²) in [7, 11) is 0. The average molecular weight is 502 g/mol. The van der Waals surface area contributed by atoms with Gasteiger partial charge in [0, 0.05) is 13.1 Å². The Labute approximate surface area is 179 Å². The summed E-state index contributed by atoms with van der Waals surface area (Å²) in [6.07, 6.45) is -3.74.